The van der Waals surface area contributed by atoms with Gasteiger partial charge in [0.05, 0.1) is 6.10 Å². The maximum Gasteiger partial charge on any atom is 0.0574 e. The third-order valence-corrected chi connectivity index (χ3v) is 7.86. The fourth-order valence-electron chi connectivity index (χ4n) is 7.03. The number of fused-ring (bicyclic) bond motifs is 2. The summed E-state index contributed by atoms with van der Waals surface area (Å²) in [5, 5.41) is 10.9. The second kappa shape index (κ2) is 6.22. The van der Waals surface area contributed by atoms with E-state index < -0.39 is 0 Å². The summed E-state index contributed by atoms with van der Waals surface area (Å²) >= 11 is 0. The lowest BCUT2D eigenvalue weighted by Gasteiger charge is -2.52. The molecule has 1 nitrogen and oxygen atoms in total. The van der Waals surface area contributed by atoms with Crippen LogP contribution in [0.25, 0.3) is 0 Å². The van der Waals surface area contributed by atoms with E-state index in [0.29, 0.717) is 5.92 Å². The second-order valence-electron chi connectivity index (χ2n) is 8.73. The molecule has 0 aliphatic heterocycles. The average molecular weight is 290 g/mol. The lowest BCUT2D eigenvalue weighted by Crippen LogP contribution is -2.48. The zero-order valence-electron chi connectivity index (χ0n) is 13.7. The van der Waals surface area contributed by atoms with Crippen molar-refractivity contribution in [2.24, 2.45) is 35.5 Å². The van der Waals surface area contributed by atoms with Gasteiger partial charge in [-0.05, 0) is 67.6 Å². The van der Waals surface area contributed by atoms with Crippen molar-refractivity contribution in [1.29, 1.82) is 0 Å². The Bertz CT molecular complexity index is 350. The monoisotopic (exact) mass is 290 g/mol. The highest BCUT2D eigenvalue weighted by Gasteiger charge is 2.47. The van der Waals surface area contributed by atoms with Crippen LogP contribution in [-0.4, -0.2) is 11.2 Å². The van der Waals surface area contributed by atoms with Crippen LogP contribution in [0.15, 0.2) is 0 Å². The van der Waals surface area contributed by atoms with Gasteiger partial charge in [0, 0.05) is 0 Å². The quantitative estimate of drug-likeness (QED) is 0.706. The molecule has 0 radical (unpaired) electrons. The van der Waals surface area contributed by atoms with Crippen LogP contribution in [0, 0.1) is 35.5 Å². The third kappa shape index (κ3) is 2.69. The molecule has 0 aromatic heterocycles. The van der Waals surface area contributed by atoms with Crippen molar-refractivity contribution in [3.8, 4) is 0 Å². The lowest BCUT2D eigenvalue weighted by atomic mass is 9.54. The van der Waals surface area contributed by atoms with E-state index in [0.717, 1.165) is 36.0 Å². The van der Waals surface area contributed by atoms with Gasteiger partial charge < -0.3 is 5.11 Å². The highest BCUT2D eigenvalue weighted by atomic mass is 16.3. The molecule has 4 saturated carbocycles. The minimum atomic E-state index is 0.0371. The Labute approximate surface area is 130 Å². The molecule has 4 fully saturated rings. The van der Waals surface area contributed by atoms with E-state index in [9.17, 15) is 5.11 Å². The first-order valence-electron chi connectivity index (χ1n) is 10.0. The van der Waals surface area contributed by atoms with E-state index in [2.05, 4.69) is 0 Å². The largest absolute Gasteiger partial charge is 0.393 e. The normalized spacial score (nSPS) is 51.0. The van der Waals surface area contributed by atoms with E-state index >= 15 is 0 Å². The fraction of sp³-hybridized carbons (Fsp3) is 1.00. The molecule has 7 atom stereocenters. The van der Waals surface area contributed by atoms with E-state index in [1.807, 2.05) is 0 Å². The highest BCUT2D eigenvalue weighted by Crippen LogP contribution is 2.54. The predicted octanol–water partition coefficient (Wildman–Crippen LogP) is 5.17. The zero-order chi connectivity index (χ0) is 14.2. The molecule has 0 aromatic carbocycles. The van der Waals surface area contributed by atoms with Gasteiger partial charge in [0.15, 0.2) is 0 Å². The van der Waals surface area contributed by atoms with Crippen LogP contribution in [0.5, 0.6) is 0 Å². The van der Waals surface area contributed by atoms with Crippen molar-refractivity contribution < 1.29 is 5.11 Å². The second-order valence-corrected chi connectivity index (χ2v) is 8.73. The van der Waals surface area contributed by atoms with Gasteiger partial charge in [0.25, 0.3) is 0 Å². The predicted molar refractivity (Wildman–Crippen MR) is 87.0 cm³/mol. The molecule has 0 spiro atoms. The minimum absolute atomic E-state index is 0.0371. The number of hydrogen-bond acceptors (Lipinski definition) is 1. The van der Waals surface area contributed by atoms with Crippen molar-refractivity contribution in [3.63, 3.8) is 0 Å². The Morgan fingerprint density at radius 3 is 1.86 bits per heavy atom. The number of rotatable bonds is 1. The summed E-state index contributed by atoms with van der Waals surface area (Å²) in [5.41, 5.74) is 0. The molecule has 7 unspecified atom stereocenters. The molecule has 1 heteroatoms. The van der Waals surface area contributed by atoms with Crippen molar-refractivity contribution in [2.75, 3.05) is 0 Å². The minimum Gasteiger partial charge on any atom is -0.393 e. The summed E-state index contributed by atoms with van der Waals surface area (Å²) < 4.78 is 0. The van der Waals surface area contributed by atoms with Crippen LogP contribution in [0.4, 0.5) is 0 Å². The van der Waals surface area contributed by atoms with Crippen molar-refractivity contribution in [1.82, 2.24) is 0 Å². The molecule has 0 amide bonds. The molecule has 0 heterocycles. The Morgan fingerprint density at radius 1 is 0.476 bits per heavy atom. The first-order valence-corrected chi connectivity index (χ1v) is 10.0. The summed E-state index contributed by atoms with van der Waals surface area (Å²) in [6.45, 7) is 0. The molecule has 4 aliphatic carbocycles. The highest BCUT2D eigenvalue weighted by molar-refractivity contribution is 4.97. The maximum absolute atomic E-state index is 10.9. The summed E-state index contributed by atoms with van der Waals surface area (Å²) in [4.78, 5) is 0. The first kappa shape index (κ1) is 14.5. The van der Waals surface area contributed by atoms with Crippen molar-refractivity contribution in [2.45, 2.75) is 89.6 Å². The molecule has 0 bridgehead atoms. The Morgan fingerprint density at radius 2 is 1.05 bits per heavy atom. The van der Waals surface area contributed by atoms with Crippen molar-refractivity contribution >= 4 is 0 Å². The van der Waals surface area contributed by atoms with Crippen LogP contribution >= 0.6 is 0 Å². The Kier molecular flexibility index (Phi) is 4.31. The summed E-state index contributed by atoms with van der Waals surface area (Å²) in [6, 6.07) is 0. The molecule has 21 heavy (non-hydrogen) atoms. The van der Waals surface area contributed by atoms with Crippen LogP contribution in [0.1, 0.15) is 83.5 Å². The van der Waals surface area contributed by atoms with E-state index in [1.165, 1.54) is 77.0 Å². The lowest BCUT2D eigenvalue weighted by molar-refractivity contribution is -0.0804. The molecule has 120 valence electrons. The molecular formula is C20H34O. The van der Waals surface area contributed by atoms with Gasteiger partial charge >= 0.3 is 0 Å². The topological polar surface area (TPSA) is 20.2 Å². The van der Waals surface area contributed by atoms with Crippen LogP contribution < -0.4 is 0 Å². The number of hydrogen-bond donors (Lipinski definition) is 1. The van der Waals surface area contributed by atoms with Gasteiger partial charge in [-0.1, -0.05) is 51.4 Å². The third-order valence-electron chi connectivity index (χ3n) is 7.86. The van der Waals surface area contributed by atoms with E-state index in [1.54, 1.807) is 0 Å². The molecule has 1 N–H and O–H groups in total. The smallest absolute Gasteiger partial charge is 0.0574 e. The maximum atomic E-state index is 10.9. The standard InChI is InChI=1S/C20H34O/c21-19-13-12-15-7-2-4-10-17(15)20(19)18-11-5-8-14-6-1-3-9-16(14)18/h14-21H,1-13H2. The fourth-order valence-corrected chi connectivity index (χ4v) is 7.03. The summed E-state index contributed by atoms with van der Waals surface area (Å²) in [7, 11) is 0. The van der Waals surface area contributed by atoms with Gasteiger partial charge in [-0.15, -0.1) is 0 Å². The van der Waals surface area contributed by atoms with Gasteiger partial charge in [-0.25, -0.2) is 0 Å². The van der Waals surface area contributed by atoms with Gasteiger partial charge in [-0.2, -0.15) is 0 Å². The SMILES string of the molecule is OC1CCC2CCCCC2C1C1CCCC2CCCCC21. The molecule has 0 saturated heterocycles. The van der Waals surface area contributed by atoms with Crippen LogP contribution in [0.3, 0.4) is 0 Å². The van der Waals surface area contributed by atoms with Crippen LogP contribution in [0.2, 0.25) is 0 Å². The summed E-state index contributed by atoms with van der Waals surface area (Å²) in [6.07, 6.45) is 18.6. The average Bonchev–Trinajstić information content (AvgIpc) is 2.54. The zero-order valence-corrected chi connectivity index (χ0v) is 13.7. The molecule has 0 aromatic rings. The van der Waals surface area contributed by atoms with Crippen LogP contribution in [-0.2, 0) is 0 Å². The summed E-state index contributed by atoms with van der Waals surface area (Å²) in [5.74, 6) is 5.41. The van der Waals surface area contributed by atoms with Crippen molar-refractivity contribution in [3.05, 3.63) is 0 Å². The molecular weight excluding hydrogens is 256 g/mol. The van der Waals surface area contributed by atoms with Gasteiger partial charge in [0.2, 0.25) is 0 Å². The first-order chi connectivity index (χ1) is 10.3. The number of aliphatic hydroxyl groups excluding tert-OH is 1. The Balaban J connectivity index is 1.56. The Hall–Kier alpha value is -0.0400. The molecule has 4 aliphatic rings. The number of aliphatic hydroxyl groups is 1. The van der Waals surface area contributed by atoms with E-state index in [4.69, 9.17) is 0 Å². The van der Waals surface area contributed by atoms with Gasteiger partial charge in [0.1, 0.15) is 0 Å². The molecule has 4 rings (SSSR count). The van der Waals surface area contributed by atoms with E-state index in [-0.39, 0.29) is 6.10 Å². The van der Waals surface area contributed by atoms with Gasteiger partial charge in [-0.3, -0.25) is 0 Å².